The fraction of sp³-hybridized carbons (Fsp3) is 0.111. The van der Waals surface area contributed by atoms with Gasteiger partial charge in [-0.2, -0.15) is 8.75 Å². The van der Waals surface area contributed by atoms with Gasteiger partial charge in [0.2, 0.25) is 0 Å². The molecule has 0 bridgehead atoms. The summed E-state index contributed by atoms with van der Waals surface area (Å²) in [5.41, 5.74) is 3.08. The highest BCUT2D eigenvalue weighted by Crippen LogP contribution is 2.41. The number of thiophene rings is 2. The van der Waals surface area contributed by atoms with Gasteiger partial charge in [-0.3, -0.25) is 0 Å². The Hall–Kier alpha value is -1.47. The van der Waals surface area contributed by atoms with Crippen LogP contribution >= 0.6 is 46.2 Å². The SMILES string of the molecule is CCSc1ccc(-c2ccc(-c3nsnc3-c3ccccc3)s2)s1. The van der Waals surface area contributed by atoms with Crippen LogP contribution in [0.5, 0.6) is 0 Å². The summed E-state index contributed by atoms with van der Waals surface area (Å²) >= 11 is 6.83. The van der Waals surface area contributed by atoms with Gasteiger partial charge in [0, 0.05) is 15.3 Å². The molecule has 6 heteroatoms. The van der Waals surface area contributed by atoms with Crippen LogP contribution in [0.25, 0.3) is 31.6 Å². The van der Waals surface area contributed by atoms with Gasteiger partial charge < -0.3 is 0 Å². The Bertz CT molecular complexity index is 937. The van der Waals surface area contributed by atoms with Crippen molar-refractivity contribution in [3.63, 3.8) is 0 Å². The van der Waals surface area contributed by atoms with Crippen molar-refractivity contribution >= 4 is 46.2 Å². The average molecular weight is 387 g/mol. The van der Waals surface area contributed by atoms with E-state index in [1.807, 2.05) is 41.3 Å². The summed E-state index contributed by atoms with van der Waals surface area (Å²) in [7, 11) is 0. The van der Waals surface area contributed by atoms with Crippen molar-refractivity contribution < 1.29 is 0 Å². The third kappa shape index (κ3) is 3.19. The van der Waals surface area contributed by atoms with Gasteiger partial charge in [0.25, 0.3) is 0 Å². The molecule has 1 aromatic carbocycles. The molecule has 0 saturated carbocycles. The molecule has 0 spiro atoms. The maximum atomic E-state index is 4.54. The van der Waals surface area contributed by atoms with E-state index in [4.69, 9.17) is 0 Å². The molecule has 0 radical (unpaired) electrons. The quantitative estimate of drug-likeness (QED) is 0.354. The first-order chi connectivity index (χ1) is 11.8. The first kappa shape index (κ1) is 16.0. The lowest BCUT2D eigenvalue weighted by Gasteiger charge is -1.98. The summed E-state index contributed by atoms with van der Waals surface area (Å²) < 4.78 is 10.4. The van der Waals surface area contributed by atoms with Gasteiger partial charge in [-0.1, -0.05) is 37.3 Å². The zero-order valence-electron chi connectivity index (χ0n) is 12.9. The standard InChI is InChI=1S/C18H14N2S4/c1-2-21-16-11-10-14(23-16)13-8-9-15(22-13)18-17(19-24-20-18)12-6-4-3-5-7-12/h3-11H,2H2,1H3. The van der Waals surface area contributed by atoms with Crippen LogP contribution in [0.15, 0.2) is 58.8 Å². The lowest BCUT2D eigenvalue weighted by molar-refractivity contribution is 1.50. The van der Waals surface area contributed by atoms with Crippen molar-refractivity contribution in [1.29, 1.82) is 0 Å². The van der Waals surface area contributed by atoms with Gasteiger partial charge in [-0.05, 0) is 30.0 Å². The number of aromatic nitrogens is 2. The zero-order valence-corrected chi connectivity index (χ0v) is 16.2. The Morgan fingerprint density at radius 1 is 0.792 bits per heavy atom. The topological polar surface area (TPSA) is 25.8 Å². The van der Waals surface area contributed by atoms with E-state index in [9.17, 15) is 0 Å². The summed E-state index contributed by atoms with van der Waals surface area (Å²) in [4.78, 5) is 3.80. The van der Waals surface area contributed by atoms with Crippen LogP contribution in [0, 0.1) is 0 Å². The minimum atomic E-state index is 0.974. The van der Waals surface area contributed by atoms with Crippen LogP contribution < -0.4 is 0 Å². The Kier molecular flexibility index (Phi) is 4.80. The molecular formula is C18H14N2S4. The third-order valence-electron chi connectivity index (χ3n) is 3.49. The first-order valence-electron chi connectivity index (χ1n) is 7.56. The summed E-state index contributed by atoms with van der Waals surface area (Å²) in [6.07, 6.45) is 0. The molecule has 0 aliphatic rings. The van der Waals surface area contributed by atoms with Crippen molar-refractivity contribution in [3.05, 3.63) is 54.6 Å². The number of hydrogen-bond donors (Lipinski definition) is 0. The zero-order chi connectivity index (χ0) is 16.4. The van der Waals surface area contributed by atoms with E-state index in [-0.39, 0.29) is 0 Å². The molecule has 0 atom stereocenters. The molecule has 3 heterocycles. The minimum Gasteiger partial charge on any atom is -0.172 e. The number of hydrogen-bond acceptors (Lipinski definition) is 6. The lowest BCUT2D eigenvalue weighted by Crippen LogP contribution is -1.80. The highest BCUT2D eigenvalue weighted by Gasteiger charge is 2.15. The molecule has 0 amide bonds. The molecule has 0 aliphatic heterocycles. The normalized spacial score (nSPS) is 11.0. The van der Waals surface area contributed by atoms with Crippen LogP contribution in [-0.2, 0) is 0 Å². The van der Waals surface area contributed by atoms with Crippen molar-refractivity contribution in [2.75, 3.05) is 5.75 Å². The van der Waals surface area contributed by atoms with Gasteiger partial charge >= 0.3 is 0 Å². The first-order valence-corrected chi connectivity index (χ1v) is 10.9. The van der Waals surface area contributed by atoms with E-state index in [1.54, 1.807) is 11.3 Å². The predicted molar refractivity (Wildman–Crippen MR) is 108 cm³/mol. The fourth-order valence-electron chi connectivity index (χ4n) is 2.41. The van der Waals surface area contributed by atoms with Gasteiger partial charge in [-0.15, -0.1) is 34.4 Å². The van der Waals surface area contributed by atoms with Crippen LogP contribution in [0.1, 0.15) is 6.92 Å². The second-order valence-corrected chi connectivity index (χ2v) is 9.30. The number of rotatable bonds is 5. The van der Waals surface area contributed by atoms with Crippen molar-refractivity contribution in [3.8, 4) is 31.6 Å². The van der Waals surface area contributed by atoms with E-state index in [1.165, 1.54) is 30.6 Å². The van der Waals surface area contributed by atoms with Crippen LogP contribution in [0.2, 0.25) is 0 Å². The second-order valence-electron chi connectivity index (χ2n) is 5.04. The van der Waals surface area contributed by atoms with E-state index in [0.29, 0.717) is 0 Å². The van der Waals surface area contributed by atoms with E-state index in [2.05, 4.69) is 52.1 Å². The van der Waals surface area contributed by atoms with E-state index in [0.717, 1.165) is 22.7 Å². The Morgan fingerprint density at radius 2 is 1.50 bits per heavy atom. The van der Waals surface area contributed by atoms with Crippen molar-refractivity contribution in [1.82, 2.24) is 8.75 Å². The van der Waals surface area contributed by atoms with Crippen LogP contribution in [-0.4, -0.2) is 14.5 Å². The lowest BCUT2D eigenvalue weighted by atomic mass is 10.1. The Morgan fingerprint density at radius 3 is 2.33 bits per heavy atom. The molecular weight excluding hydrogens is 372 g/mol. The average Bonchev–Trinajstić information content (AvgIpc) is 3.35. The molecule has 4 aromatic rings. The molecule has 120 valence electrons. The molecule has 3 aromatic heterocycles. The maximum absolute atomic E-state index is 4.54. The van der Waals surface area contributed by atoms with E-state index >= 15 is 0 Å². The molecule has 0 aliphatic carbocycles. The van der Waals surface area contributed by atoms with E-state index < -0.39 is 0 Å². The minimum absolute atomic E-state index is 0.974. The smallest absolute Gasteiger partial charge is 0.122 e. The molecule has 24 heavy (non-hydrogen) atoms. The van der Waals surface area contributed by atoms with Gasteiger partial charge in [0.1, 0.15) is 11.4 Å². The molecule has 0 fully saturated rings. The molecule has 0 N–H and O–H groups in total. The van der Waals surface area contributed by atoms with Crippen LogP contribution in [0.4, 0.5) is 0 Å². The molecule has 0 saturated heterocycles. The number of benzene rings is 1. The second kappa shape index (κ2) is 7.19. The summed E-state index contributed by atoms with van der Waals surface area (Å²) in [6, 6.07) is 19.1. The maximum Gasteiger partial charge on any atom is 0.122 e. The molecule has 4 rings (SSSR count). The number of thioether (sulfide) groups is 1. The van der Waals surface area contributed by atoms with Gasteiger partial charge in [0.05, 0.1) is 20.8 Å². The summed E-state index contributed by atoms with van der Waals surface area (Å²) in [5, 5.41) is 0. The molecule has 2 nitrogen and oxygen atoms in total. The van der Waals surface area contributed by atoms with Crippen molar-refractivity contribution in [2.45, 2.75) is 11.1 Å². The third-order valence-corrected chi connectivity index (χ3v) is 7.49. The predicted octanol–water partition coefficient (Wildman–Crippen LogP) is 6.77. The highest BCUT2D eigenvalue weighted by atomic mass is 32.2. The Balaban J connectivity index is 1.67. The molecule has 0 unspecified atom stereocenters. The summed E-state index contributed by atoms with van der Waals surface area (Å²) in [5.74, 6) is 1.11. The summed E-state index contributed by atoms with van der Waals surface area (Å²) in [6.45, 7) is 2.19. The van der Waals surface area contributed by atoms with Crippen LogP contribution in [0.3, 0.4) is 0 Å². The van der Waals surface area contributed by atoms with Gasteiger partial charge in [0.15, 0.2) is 0 Å². The fourth-order valence-corrected chi connectivity index (χ4v) is 6.18. The Labute approximate surface area is 157 Å². The van der Waals surface area contributed by atoms with Crippen molar-refractivity contribution in [2.24, 2.45) is 0 Å². The highest BCUT2D eigenvalue weighted by molar-refractivity contribution is 8.01. The monoisotopic (exact) mass is 386 g/mol. The number of nitrogens with zero attached hydrogens (tertiary/aromatic N) is 2. The largest absolute Gasteiger partial charge is 0.172 e. The van der Waals surface area contributed by atoms with Gasteiger partial charge in [-0.25, -0.2) is 0 Å².